The predicted octanol–water partition coefficient (Wildman–Crippen LogP) is 22.3. The molecule has 0 saturated carbocycles. The van der Waals surface area contributed by atoms with E-state index in [4.69, 9.17) is 0 Å². The summed E-state index contributed by atoms with van der Waals surface area (Å²) < 4.78 is 1.99. The molecule has 2 aliphatic heterocycles. The number of allylic oxidation sites excluding steroid dienone is 2. The van der Waals surface area contributed by atoms with Crippen LogP contribution in [0.2, 0.25) is 0 Å². The lowest BCUT2D eigenvalue weighted by Gasteiger charge is -2.25. The number of hydrogen-bond acceptors (Lipinski definition) is 2. The van der Waals surface area contributed by atoms with Crippen LogP contribution in [-0.2, 0) is 9.59 Å². The first-order valence-corrected chi connectivity index (χ1v) is 32.6. The Hall–Kier alpha value is -2.18. The van der Waals surface area contributed by atoms with E-state index in [-0.39, 0.29) is 11.8 Å². The molecule has 2 aliphatic rings. The molecule has 0 aliphatic carbocycles. The van der Waals surface area contributed by atoms with Crippen LogP contribution < -0.4 is 9.80 Å². The van der Waals surface area contributed by atoms with Gasteiger partial charge in [0.15, 0.2) is 0 Å². The van der Waals surface area contributed by atoms with E-state index >= 15 is 0 Å². The van der Waals surface area contributed by atoms with Crippen LogP contribution in [0.1, 0.15) is 296 Å². The number of halogens is 2. The molecule has 2 amide bonds. The fourth-order valence-electron chi connectivity index (χ4n) is 11.6. The van der Waals surface area contributed by atoms with Crippen LogP contribution >= 0.6 is 31.9 Å². The molecule has 0 N–H and O–H groups in total. The number of fused-ring (bicyclic) bond motifs is 2. The van der Waals surface area contributed by atoms with Gasteiger partial charge in [-0.1, -0.05) is 303 Å². The van der Waals surface area contributed by atoms with Crippen LogP contribution in [0, 0.1) is 11.8 Å². The summed E-state index contributed by atoms with van der Waals surface area (Å²) in [5, 5.41) is 0. The number of carbonyl (C=O) groups is 2. The Balaban J connectivity index is 1.47. The van der Waals surface area contributed by atoms with Crippen molar-refractivity contribution in [2.45, 2.75) is 285 Å². The molecule has 0 fully saturated rings. The molecule has 4 rings (SSSR count). The molecule has 2 heterocycles. The number of rotatable bonds is 45. The molecule has 72 heavy (non-hydrogen) atoms. The molecule has 0 spiro atoms. The zero-order valence-electron chi connectivity index (χ0n) is 46.9. The Kier molecular flexibility index (Phi) is 34.0. The van der Waals surface area contributed by atoms with E-state index in [2.05, 4.69) is 106 Å². The number of unbranched alkanes of at least 4 members (excludes halogenated alkanes) is 32. The van der Waals surface area contributed by atoms with Gasteiger partial charge in [0.2, 0.25) is 0 Å². The smallest absolute Gasteiger partial charge is 0.258 e. The summed E-state index contributed by atoms with van der Waals surface area (Å²) in [6, 6.07) is 12.6. The first-order valence-electron chi connectivity index (χ1n) is 31.0. The number of benzene rings is 2. The van der Waals surface area contributed by atoms with Gasteiger partial charge >= 0.3 is 0 Å². The van der Waals surface area contributed by atoms with Gasteiger partial charge in [-0.15, -0.1) is 0 Å². The Morgan fingerprint density at radius 3 is 0.847 bits per heavy atom. The van der Waals surface area contributed by atoms with Gasteiger partial charge in [-0.25, -0.2) is 0 Å². The lowest BCUT2D eigenvalue weighted by atomic mass is 9.93. The summed E-state index contributed by atoms with van der Waals surface area (Å²) in [5.41, 5.74) is 5.36. The largest absolute Gasteiger partial charge is 0.307 e. The van der Waals surface area contributed by atoms with Crippen molar-refractivity contribution >= 4 is 66.2 Å². The van der Waals surface area contributed by atoms with E-state index in [1.54, 1.807) is 0 Å². The van der Waals surface area contributed by atoms with E-state index in [1.807, 2.05) is 12.2 Å². The number of anilines is 2. The zero-order valence-corrected chi connectivity index (χ0v) is 50.1. The summed E-state index contributed by atoms with van der Waals surface area (Å²) in [6.07, 6.45) is 56.7. The minimum absolute atomic E-state index is 0.0733. The Morgan fingerprint density at radius 2 is 0.597 bits per heavy atom. The molecule has 2 aromatic rings. The molecule has 2 aromatic carbocycles. The average Bonchev–Trinajstić information content (AvgIpc) is 3.78. The second-order valence-corrected chi connectivity index (χ2v) is 24.3. The van der Waals surface area contributed by atoms with Crippen LogP contribution in [0.3, 0.4) is 0 Å². The summed E-state index contributed by atoms with van der Waals surface area (Å²) in [4.78, 5) is 33.8. The molecule has 406 valence electrons. The standard InChI is InChI=1S/C66H106Br2N2O2/c1-5-9-13-17-21-25-27-31-35-39-43-55(41-37-33-29-23-19-15-11-7-3)53-69-63-51-57(67)45-47-59(63)61(65(69)71)49-50-62-60-48-46-58(68)52-64(60)70(66(62)72)54-56(42-38-34-30-24-20-16-12-8-4)44-40-36-32-28-26-22-18-14-10-6-2/h45-52,55-56H,5-44,53-54H2,1-4H3/b61-49-,62-50+. The Labute approximate surface area is 460 Å². The number of nitrogens with zero attached hydrogens (tertiary/aromatic N) is 2. The highest BCUT2D eigenvalue weighted by Crippen LogP contribution is 2.43. The van der Waals surface area contributed by atoms with Gasteiger partial charge in [0.25, 0.3) is 11.8 Å². The number of hydrogen-bond donors (Lipinski definition) is 0. The SMILES string of the molecule is CCCCCCCCCCCCC(CCCCCCCCCC)CN1C(=O)/C(=C\C=C2\C(=O)N(CC(CCCCCCCCCC)CCCCCCCCCCCC)c3cc(Br)ccc32)c2ccc(Br)cc21. The maximum Gasteiger partial charge on any atom is 0.258 e. The van der Waals surface area contributed by atoms with Gasteiger partial charge in [0, 0.05) is 44.3 Å². The van der Waals surface area contributed by atoms with Crippen LogP contribution in [0.25, 0.3) is 11.1 Å². The van der Waals surface area contributed by atoms with Crippen molar-refractivity contribution in [3.63, 3.8) is 0 Å². The van der Waals surface area contributed by atoms with Crippen LogP contribution in [0.4, 0.5) is 11.4 Å². The Bertz CT molecular complexity index is 1700. The van der Waals surface area contributed by atoms with Crippen LogP contribution in [0.15, 0.2) is 57.5 Å². The maximum absolute atomic E-state index is 14.8. The average molecular weight is 1120 g/mol. The second-order valence-electron chi connectivity index (χ2n) is 22.5. The number of amides is 2. The normalized spacial score (nSPS) is 15.4. The second kappa shape index (κ2) is 39.2. The first-order chi connectivity index (χ1) is 35.3. The number of carbonyl (C=O) groups excluding carboxylic acids is 2. The topological polar surface area (TPSA) is 40.6 Å². The fraction of sp³-hybridized carbons (Fsp3) is 0.727. The van der Waals surface area contributed by atoms with Gasteiger partial charge in [0.1, 0.15) is 0 Å². The predicted molar refractivity (Wildman–Crippen MR) is 323 cm³/mol. The highest BCUT2D eigenvalue weighted by Gasteiger charge is 2.36. The van der Waals surface area contributed by atoms with E-state index in [0.29, 0.717) is 23.0 Å². The Morgan fingerprint density at radius 1 is 0.361 bits per heavy atom. The van der Waals surface area contributed by atoms with Crippen molar-refractivity contribution in [3.05, 3.63) is 68.6 Å². The highest BCUT2D eigenvalue weighted by atomic mass is 79.9. The van der Waals surface area contributed by atoms with Crippen molar-refractivity contribution in [2.24, 2.45) is 11.8 Å². The third-order valence-electron chi connectivity index (χ3n) is 16.2. The molecular weight excluding hydrogens is 1010 g/mol. The minimum atomic E-state index is 0.0733. The third-order valence-corrected chi connectivity index (χ3v) is 17.2. The molecule has 0 radical (unpaired) electrons. The van der Waals surface area contributed by atoms with Crippen molar-refractivity contribution in [2.75, 3.05) is 22.9 Å². The minimum Gasteiger partial charge on any atom is -0.307 e. The lowest BCUT2D eigenvalue weighted by Crippen LogP contribution is -2.32. The maximum atomic E-state index is 14.8. The van der Waals surface area contributed by atoms with Gasteiger partial charge in [-0.2, -0.15) is 0 Å². The molecule has 0 aromatic heterocycles. The molecular formula is C66H106Br2N2O2. The third kappa shape index (κ3) is 23.8. The highest BCUT2D eigenvalue weighted by molar-refractivity contribution is 9.10. The lowest BCUT2D eigenvalue weighted by molar-refractivity contribution is -0.114. The molecule has 4 nitrogen and oxygen atoms in total. The first kappa shape index (κ1) is 62.4. The van der Waals surface area contributed by atoms with E-state index in [1.165, 1.54) is 257 Å². The monoisotopic (exact) mass is 1120 g/mol. The molecule has 6 heteroatoms. The fourth-order valence-corrected chi connectivity index (χ4v) is 12.3. The van der Waals surface area contributed by atoms with Gasteiger partial charge < -0.3 is 9.80 Å². The summed E-state index contributed by atoms with van der Waals surface area (Å²) >= 11 is 7.54. The van der Waals surface area contributed by atoms with Crippen LogP contribution in [-0.4, -0.2) is 24.9 Å². The van der Waals surface area contributed by atoms with E-state index in [9.17, 15) is 9.59 Å². The molecule has 2 unspecified atom stereocenters. The van der Waals surface area contributed by atoms with Crippen molar-refractivity contribution in [3.8, 4) is 0 Å². The quantitative estimate of drug-likeness (QED) is 0.0490. The molecule has 2 atom stereocenters. The van der Waals surface area contributed by atoms with E-state index < -0.39 is 0 Å². The molecule has 0 saturated heterocycles. The van der Waals surface area contributed by atoms with Crippen molar-refractivity contribution < 1.29 is 9.59 Å². The molecule has 0 bridgehead atoms. The summed E-state index contributed by atoms with van der Waals surface area (Å²) in [7, 11) is 0. The summed E-state index contributed by atoms with van der Waals surface area (Å²) in [5.74, 6) is 1.09. The van der Waals surface area contributed by atoms with Crippen molar-refractivity contribution in [1.29, 1.82) is 0 Å². The van der Waals surface area contributed by atoms with Gasteiger partial charge in [-0.05, 0) is 73.9 Å². The zero-order chi connectivity index (χ0) is 51.4. The van der Waals surface area contributed by atoms with Crippen molar-refractivity contribution in [1.82, 2.24) is 0 Å². The van der Waals surface area contributed by atoms with Crippen LogP contribution in [0.5, 0.6) is 0 Å². The van der Waals surface area contributed by atoms with E-state index in [0.717, 1.165) is 44.5 Å². The summed E-state index contributed by atoms with van der Waals surface area (Å²) in [6.45, 7) is 10.7. The van der Waals surface area contributed by atoms with Gasteiger partial charge in [0.05, 0.1) is 11.4 Å². The van der Waals surface area contributed by atoms with Gasteiger partial charge in [-0.3, -0.25) is 9.59 Å².